The van der Waals surface area contributed by atoms with Crippen molar-refractivity contribution in [1.82, 2.24) is 0 Å². The molecule has 0 N–H and O–H groups in total. The first-order chi connectivity index (χ1) is 9.18. The van der Waals surface area contributed by atoms with Crippen LogP contribution in [0.3, 0.4) is 0 Å². The summed E-state index contributed by atoms with van der Waals surface area (Å²) in [7, 11) is -2.06. The molecule has 0 radical (unpaired) electrons. The monoisotopic (exact) mass is 362 g/mol. The number of esters is 1. The van der Waals surface area contributed by atoms with E-state index in [1.807, 2.05) is 25.7 Å². The molecule has 0 aliphatic rings. The lowest BCUT2D eigenvalue weighted by atomic mass is 10.1. The van der Waals surface area contributed by atoms with E-state index in [2.05, 4.69) is 15.9 Å². The molecule has 0 spiro atoms. The second-order valence-corrected chi connectivity index (χ2v) is 11.0. The average molecular weight is 363 g/mol. The highest BCUT2D eigenvalue weighted by atomic mass is 79.9. The third kappa shape index (κ3) is 4.68. The Hall–Kier alpha value is -0.723. The molecular weight excluding hydrogens is 343 g/mol. The number of ether oxygens (including phenoxy) is 1. The number of alkyl halides is 2. The van der Waals surface area contributed by atoms with Crippen LogP contribution in [0.4, 0.5) is 4.39 Å². The van der Waals surface area contributed by atoms with Crippen molar-refractivity contribution in [3.05, 3.63) is 35.9 Å². The lowest BCUT2D eigenvalue weighted by molar-refractivity contribution is -0.155. The summed E-state index contributed by atoms with van der Waals surface area (Å²) in [6.45, 7) is 7.58. The highest BCUT2D eigenvalue weighted by molar-refractivity contribution is 9.10. The van der Waals surface area contributed by atoms with Gasteiger partial charge in [-0.2, -0.15) is 0 Å². The zero-order chi connectivity index (χ0) is 15.4. The smallest absolute Gasteiger partial charge is 0.358 e. The van der Waals surface area contributed by atoms with Crippen LogP contribution in [0.25, 0.3) is 0 Å². The molecule has 20 heavy (non-hydrogen) atoms. The Labute approximate surface area is 128 Å². The standard InChI is InChI=1S/C14H20BrFO3Si/c1-5-18-13(17)14(15,16)12(19-20(2,3)4)11-9-7-6-8-10-11/h6-10,12H,5H2,1-4H3/t12-,14+/m1/s1. The molecule has 1 rings (SSSR count). The van der Waals surface area contributed by atoms with Gasteiger partial charge in [0.2, 0.25) is 0 Å². The molecule has 1 aromatic rings. The van der Waals surface area contributed by atoms with Crippen LogP contribution in [-0.4, -0.2) is 25.5 Å². The molecule has 0 amide bonds. The summed E-state index contributed by atoms with van der Waals surface area (Å²) in [4.78, 5) is 11.9. The molecule has 0 aliphatic carbocycles. The van der Waals surface area contributed by atoms with Gasteiger partial charge in [-0.25, -0.2) is 9.18 Å². The van der Waals surface area contributed by atoms with Gasteiger partial charge >= 0.3 is 5.97 Å². The highest BCUT2D eigenvalue weighted by Gasteiger charge is 2.48. The number of carbonyl (C=O) groups is 1. The third-order valence-corrected chi connectivity index (χ3v) is 4.13. The zero-order valence-corrected chi connectivity index (χ0v) is 14.7. The van der Waals surface area contributed by atoms with Gasteiger partial charge in [0.25, 0.3) is 4.58 Å². The number of benzene rings is 1. The second kappa shape index (κ2) is 6.82. The van der Waals surface area contributed by atoms with Crippen LogP contribution in [0.15, 0.2) is 30.3 Å². The van der Waals surface area contributed by atoms with E-state index in [4.69, 9.17) is 9.16 Å². The van der Waals surface area contributed by atoms with E-state index in [-0.39, 0.29) is 6.61 Å². The summed E-state index contributed by atoms with van der Waals surface area (Å²) in [5.74, 6) is -0.966. The van der Waals surface area contributed by atoms with Crippen molar-refractivity contribution in [3.63, 3.8) is 0 Å². The van der Waals surface area contributed by atoms with Crippen LogP contribution in [-0.2, 0) is 14.0 Å². The van der Waals surface area contributed by atoms with Crippen LogP contribution in [0, 0.1) is 0 Å². The molecule has 3 nitrogen and oxygen atoms in total. The first kappa shape index (κ1) is 17.3. The van der Waals surface area contributed by atoms with Crippen LogP contribution in [0.1, 0.15) is 18.6 Å². The molecule has 0 saturated heterocycles. The Morgan fingerprint density at radius 1 is 1.35 bits per heavy atom. The van der Waals surface area contributed by atoms with Crippen LogP contribution < -0.4 is 0 Å². The fourth-order valence-electron chi connectivity index (χ4n) is 1.67. The highest BCUT2D eigenvalue weighted by Crippen LogP contribution is 2.41. The van der Waals surface area contributed by atoms with Gasteiger partial charge < -0.3 is 9.16 Å². The van der Waals surface area contributed by atoms with Crippen molar-refractivity contribution < 1.29 is 18.3 Å². The topological polar surface area (TPSA) is 35.5 Å². The minimum Gasteiger partial charge on any atom is -0.463 e. The van der Waals surface area contributed by atoms with Gasteiger partial charge in [-0.15, -0.1) is 0 Å². The number of halogens is 2. The van der Waals surface area contributed by atoms with E-state index in [9.17, 15) is 9.18 Å². The second-order valence-electron chi connectivity index (χ2n) is 5.36. The van der Waals surface area contributed by atoms with Gasteiger partial charge in [-0.1, -0.05) is 30.3 Å². The molecule has 1 aromatic carbocycles. The first-order valence-corrected chi connectivity index (χ1v) is 10.7. The summed E-state index contributed by atoms with van der Waals surface area (Å²) in [6, 6.07) is 8.86. The largest absolute Gasteiger partial charge is 0.463 e. The quantitative estimate of drug-likeness (QED) is 0.432. The molecule has 0 aliphatic heterocycles. The maximum Gasteiger partial charge on any atom is 0.358 e. The predicted octanol–water partition coefficient (Wildman–Crippen LogP) is 4.20. The van der Waals surface area contributed by atoms with Crippen LogP contribution in [0.2, 0.25) is 19.6 Å². The van der Waals surface area contributed by atoms with E-state index in [0.29, 0.717) is 5.56 Å². The summed E-state index contributed by atoms with van der Waals surface area (Å²) >= 11 is 2.86. The molecule has 0 aromatic heterocycles. The van der Waals surface area contributed by atoms with Crippen molar-refractivity contribution in [2.75, 3.05) is 6.61 Å². The molecular formula is C14H20BrFO3Si. The van der Waals surface area contributed by atoms with Crippen molar-refractivity contribution in [3.8, 4) is 0 Å². The Kier molecular flexibility index (Phi) is 5.91. The Morgan fingerprint density at radius 3 is 2.35 bits per heavy atom. The lowest BCUT2D eigenvalue weighted by Crippen LogP contribution is -2.42. The molecule has 112 valence electrons. The SMILES string of the molecule is CCOC(=O)[C@](F)(Br)[C@H](O[Si](C)(C)C)c1ccccc1. The molecule has 6 heteroatoms. The van der Waals surface area contributed by atoms with Crippen LogP contribution >= 0.6 is 15.9 Å². The number of hydrogen-bond donors (Lipinski definition) is 0. The van der Waals surface area contributed by atoms with E-state index in [0.717, 1.165) is 0 Å². The minimum atomic E-state index is -2.40. The van der Waals surface area contributed by atoms with Gasteiger partial charge in [0.05, 0.1) is 6.61 Å². The third-order valence-electron chi connectivity index (χ3n) is 2.45. The van der Waals surface area contributed by atoms with Gasteiger partial charge in [-0.05, 0) is 48.1 Å². The molecule has 0 fully saturated rings. The Bertz CT molecular complexity index is 445. The molecule has 0 unspecified atom stereocenters. The summed E-state index contributed by atoms with van der Waals surface area (Å²) in [6.07, 6.45) is -1.03. The average Bonchev–Trinajstić information content (AvgIpc) is 2.36. The van der Waals surface area contributed by atoms with Crippen molar-refractivity contribution in [2.24, 2.45) is 0 Å². The van der Waals surface area contributed by atoms with E-state index in [1.54, 1.807) is 31.2 Å². The van der Waals surface area contributed by atoms with Crippen molar-refractivity contribution in [1.29, 1.82) is 0 Å². The summed E-state index contributed by atoms with van der Waals surface area (Å²) < 4.78 is 23.2. The fraction of sp³-hybridized carbons (Fsp3) is 0.500. The Balaban J connectivity index is 3.14. The zero-order valence-electron chi connectivity index (χ0n) is 12.2. The maximum absolute atomic E-state index is 14.9. The van der Waals surface area contributed by atoms with Crippen LogP contribution in [0.5, 0.6) is 0 Å². The van der Waals surface area contributed by atoms with Gasteiger partial charge in [0, 0.05) is 0 Å². The number of rotatable bonds is 6. The minimum absolute atomic E-state index is 0.116. The maximum atomic E-state index is 14.9. The fourth-order valence-corrected chi connectivity index (χ4v) is 3.32. The van der Waals surface area contributed by atoms with E-state index in [1.165, 1.54) is 0 Å². The normalized spacial score (nSPS) is 16.3. The molecule has 0 heterocycles. The van der Waals surface area contributed by atoms with Crippen molar-refractivity contribution in [2.45, 2.75) is 37.2 Å². The number of carbonyl (C=O) groups excluding carboxylic acids is 1. The first-order valence-electron chi connectivity index (χ1n) is 6.46. The molecule has 0 saturated carbocycles. The molecule has 0 bridgehead atoms. The predicted molar refractivity (Wildman–Crippen MR) is 83.0 cm³/mol. The van der Waals surface area contributed by atoms with Gasteiger partial charge in [0.15, 0.2) is 8.32 Å². The van der Waals surface area contributed by atoms with Gasteiger partial charge in [-0.3, -0.25) is 0 Å². The van der Waals surface area contributed by atoms with E-state index >= 15 is 0 Å². The Morgan fingerprint density at radius 2 is 1.90 bits per heavy atom. The lowest BCUT2D eigenvalue weighted by Gasteiger charge is -2.32. The number of hydrogen-bond acceptors (Lipinski definition) is 3. The summed E-state index contributed by atoms with van der Waals surface area (Å²) in [5, 5.41) is 0. The van der Waals surface area contributed by atoms with Gasteiger partial charge in [0.1, 0.15) is 6.10 Å². The molecule has 2 atom stereocenters. The van der Waals surface area contributed by atoms with E-state index < -0.39 is 25.0 Å². The van der Waals surface area contributed by atoms with Crippen molar-refractivity contribution >= 4 is 30.2 Å². The summed E-state index contributed by atoms with van der Waals surface area (Å²) in [5.41, 5.74) is 0.599.